The van der Waals surface area contributed by atoms with Gasteiger partial charge in [-0.3, -0.25) is 28.3 Å². The minimum Gasteiger partial charge on any atom is -0.463 e. The van der Waals surface area contributed by atoms with Gasteiger partial charge in [0.15, 0.2) is 8.47 Å². The lowest BCUT2D eigenvalue weighted by atomic mass is 9.99. The Kier molecular flexibility index (Phi) is 25.3. The Labute approximate surface area is 891 Å². The molecule has 6 aliphatic rings. The van der Waals surface area contributed by atoms with Gasteiger partial charge in [0.1, 0.15) is 66.3 Å². The van der Waals surface area contributed by atoms with Crippen molar-refractivity contribution in [2.45, 2.75) is 188 Å². The van der Waals surface area contributed by atoms with Crippen LogP contribution in [0, 0.1) is 34.9 Å². The van der Waals surface area contributed by atoms with Crippen molar-refractivity contribution in [1.82, 2.24) is 0 Å². The molecule has 0 aromatic heterocycles. The number of halogens is 12. The molecular formula is C90H102Cl6F6N6O24S6. The predicted octanol–water partition coefficient (Wildman–Crippen LogP) is 19.6. The van der Waals surface area contributed by atoms with Gasteiger partial charge in [-0.05, 0) is 265 Å². The minimum atomic E-state index is -5.54. The van der Waals surface area contributed by atoms with Crippen LogP contribution in [0.2, 0.25) is 38.6 Å². The normalized spacial score (nSPS) is 27.6. The first-order valence-electron chi connectivity index (χ1n) is 60.8. The lowest BCUT2D eigenvalue weighted by Gasteiger charge is -2.24. The van der Waals surface area contributed by atoms with Crippen LogP contribution in [0.15, 0.2) is 179 Å². The van der Waals surface area contributed by atoms with E-state index in [0.717, 1.165) is 12.2 Å². The van der Waals surface area contributed by atoms with Crippen LogP contribution in [0.25, 0.3) is 0 Å². The minimum absolute atomic E-state index is 0.0640. The molecule has 6 atom stereocenters. The number of ether oxygens (including phenoxy) is 6. The van der Waals surface area contributed by atoms with E-state index in [-0.39, 0.29) is 72.2 Å². The van der Waals surface area contributed by atoms with Crippen molar-refractivity contribution < 1.29 is 196 Å². The number of esters is 6. The molecule has 0 unspecified atom stereocenters. The number of nitrogens with one attached hydrogen (secondary N) is 6. The van der Waals surface area contributed by atoms with Crippen molar-refractivity contribution in [2.24, 2.45) is 0 Å². The van der Waals surface area contributed by atoms with E-state index in [1.807, 2.05) is 0 Å². The molecule has 0 heterocycles. The van der Waals surface area contributed by atoms with Gasteiger partial charge in [-0.25, -0.2) is 106 Å². The van der Waals surface area contributed by atoms with E-state index >= 15 is 0 Å². The van der Waals surface area contributed by atoms with E-state index in [9.17, 15) is 106 Å². The number of hydrogen-bond acceptors (Lipinski definition) is 24. The van der Waals surface area contributed by atoms with Gasteiger partial charge in [-0.15, -0.1) is 0 Å². The van der Waals surface area contributed by atoms with Crippen LogP contribution in [0.4, 0.5) is 60.5 Å². The number of carbonyl (C=O) groups is 6. The molecule has 6 N–H and O–H groups in total. The second kappa shape index (κ2) is 53.9. The van der Waals surface area contributed by atoms with Gasteiger partial charge < -0.3 is 28.4 Å². The van der Waals surface area contributed by atoms with Crippen LogP contribution in [0.3, 0.4) is 0 Å². The lowest BCUT2D eigenvalue weighted by Crippen LogP contribution is -2.34. The maximum atomic E-state index is 13.9. The summed E-state index contributed by atoms with van der Waals surface area (Å²) >= 11 is 34.6. The number of sulfonamides is 6. The Morgan fingerprint density at radius 1 is 0.304 bits per heavy atom. The molecule has 756 valence electrons. The van der Waals surface area contributed by atoms with E-state index in [0.29, 0.717) is 12.2 Å². The molecule has 12 rings (SSSR count). The van der Waals surface area contributed by atoms with Crippen molar-refractivity contribution in [1.29, 1.82) is 0 Å². The fourth-order valence-corrected chi connectivity index (χ4v) is 19.6. The topological polar surface area (TPSA) is 435 Å². The van der Waals surface area contributed by atoms with Crippen LogP contribution in [0.5, 0.6) is 0 Å². The first kappa shape index (κ1) is 64.8. The van der Waals surface area contributed by atoms with E-state index in [1.54, 1.807) is 0 Å². The molecule has 0 radical (unpaired) electrons. The quantitative estimate of drug-likeness (QED) is 0.0139. The van der Waals surface area contributed by atoms with Crippen molar-refractivity contribution in [2.75, 3.05) is 67.9 Å². The maximum Gasteiger partial charge on any atom is 0.335 e. The van der Waals surface area contributed by atoms with Gasteiger partial charge in [-0.1, -0.05) is 106 Å². The molecule has 0 saturated heterocycles. The number of allylic oxidation sites excluding steroid dienone is 6. The molecule has 30 nitrogen and oxygen atoms in total. The average molecular weight is 2220 g/mol. The summed E-state index contributed by atoms with van der Waals surface area (Å²) in [5, 5.41) is -21.4. The SMILES string of the molecule is [2H]C1=C(C(=O)OCC)[C@H](S(=O)(=O)N([2H])c2c([2H])c([2H])c(F)c([2H])c2Cl)CC([2H])([2H])C1.[2H]C1=C(C(=O)OCC)[C@]([2H])(S(=O)(=O)N([2H])c2c([2H])c([2H])c(F)c([2H])c2Cl)CC([2H])([2H])C1.[2H]c1c([2H])c(N([2H])S(=O)(=O)[C@@H]2CC([2H])([2H])C([2H])([2H])C=C2C(=O)OCC)c(Cl)c([2H])c1F.[2H]c1c([2H])c(N([2H])S(=O)(=O)[C@@H]2CC([2H])([2H])CC=C2C(=O)OCC)c(Cl)c([2H])c1F.[2H]c1c([2H])c(N([2H])S(=O)(=O)[C@]2([2H])CC([2H])([2H])C([2H])([2H])C=C2C(=O)OCC)c(Cl)c([2H])c1F.[2H]c1c([2H])c(N([2H])S(=O)(=O)[C@]2([2H])CC([2H])([2H])CC=C2C(=O)OCC)c(Cl)c([2H])c1F. The fourth-order valence-electron chi connectivity index (χ4n) is 10.7. The fraction of sp³-hybridized carbons (Fsp3) is 0.400. The van der Waals surface area contributed by atoms with Crippen molar-refractivity contribution in [3.05, 3.63) is 244 Å². The highest BCUT2D eigenvalue weighted by Gasteiger charge is 2.42. The molecule has 0 saturated carbocycles. The Bertz CT molecular complexity index is 8720. The first-order chi connectivity index (χ1) is 83.0. The third-order valence-electron chi connectivity index (χ3n) is 16.6. The molecule has 0 bridgehead atoms. The standard InChI is InChI=1S/6C15H17ClFNO4S/c6*1-2-22-15(19)11-5-3-4-6-14(11)23(20,21)18-13-8-7-10(17)9-12(13)16/h6*5,7-9,14,18H,2-4,6H2,1H3/t6*14-/m111111/s1/i4D2,5D,7D,8D,9D,14D;3D2,4D2,7D,8D,9D,14D;4D2,7D,8D,9D,14D;4D2,5D,7D,8D,9D;3D2,4D2,7D,8D,9D;4D2,7D,8D,9D/hD6. The highest BCUT2D eigenvalue weighted by Crippen LogP contribution is 2.39. The molecule has 6 aliphatic carbocycles. The Balaban J connectivity index is 0.000000293. The van der Waals surface area contributed by atoms with Crippen molar-refractivity contribution in [3.8, 4) is 0 Å². The van der Waals surface area contributed by atoms with Crippen LogP contribution in [0.1, 0.15) is 210 Å². The summed E-state index contributed by atoms with van der Waals surface area (Å²) in [6.45, 7) is 7.42. The Morgan fingerprint density at radius 2 is 0.507 bits per heavy atom. The number of hydrogen-bond donors (Lipinski definition) is 6. The van der Waals surface area contributed by atoms with Crippen LogP contribution in [-0.4, -0.2) is 157 Å². The summed E-state index contributed by atoms with van der Waals surface area (Å²) < 4.78 is 619. The highest BCUT2D eigenvalue weighted by atomic mass is 35.5. The molecule has 48 heteroatoms. The summed E-state index contributed by atoms with van der Waals surface area (Å²) in [4.78, 5) is 73.8. The molecule has 0 aliphatic heterocycles. The van der Waals surface area contributed by atoms with Crippen LogP contribution >= 0.6 is 69.6 Å². The highest BCUT2D eigenvalue weighted by molar-refractivity contribution is 7.95. The lowest BCUT2D eigenvalue weighted by molar-refractivity contribution is -0.139. The number of anilines is 6. The number of benzene rings is 6. The summed E-state index contributed by atoms with van der Waals surface area (Å²) in [6, 6.07) is -22.1. The molecule has 138 heavy (non-hydrogen) atoms. The maximum absolute atomic E-state index is 13.9. The van der Waals surface area contributed by atoms with Gasteiger partial charge in [0.2, 0.25) is 60.1 Å². The largest absolute Gasteiger partial charge is 0.463 e. The summed E-state index contributed by atoms with van der Waals surface area (Å²) in [6.07, 6.45) is -25.6. The zero-order chi connectivity index (χ0) is 142. The molecule has 0 spiro atoms. The van der Waals surface area contributed by atoms with Gasteiger partial charge in [-0.2, -0.15) is 0 Å². The zero-order valence-electron chi connectivity index (χ0n) is 116. The number of rotatable bonds is 30. The van der Waals surface area contributed by atoms with Crippen LogP contribution in [-0.2, 0) is 117 Å². The monoisotopic (exact) mass is 2210 g/mol. The second-order valence-corrected chi connectivity index (χ2v) is 38.3. The van der Waals surface area contributed by atoms with Crippen molar-refractivity contribution in [3.63, 3.8) is 0 Å². The second-order valence-electron chi connectivity index (χ2n) is 25.8. The van der Waals surface area contributed by atoms with E-state index in [4.69, 9.17) is 155 Å². The van der Waals surface area contributed by atoms with Gasteiger partial charge in [0, 0.05) is 21.9 Å². The zero-order valence-corrected chi connectivity index (χ0v) is 80.8. The summed E-state index contributed by atoms with van der Waals surface area (Å²) in [7, 11) is -31.4. The number of carbonyl (C=O) groups excluding carboxylic acids is 6. The third kappa shape index (κ3) is 33.8. The molecule has 0 amide bonds. The van der Waals surface area contributed by atoms with Gasteiger partial charge in [0.25, 0.3) is 0 Å². The van der Waals surface area contributed by atoms with E-state index in [1.165, 1.54) is 41.5 Å². The van der Waals surface area contributed by atoms with E-state index < -0.39 is 492 Å². The van der Waals surface area contributed by atoms with Gasteiger partial charge in [0.05, 0.1) is 169 Å². The molecule has 6 aromatic carbocycles. The Morgan fingerprint density at radius 3 is 0.826 bits per heavy atom. The molecular weight excluding hydrogens is 2070 g/mol. The molecule has 6 aromatic rings. The smallest absolute Gasteiger partial charge is 0.335 e. The van der Waals surface area contributed by atoms with Gasteiger partial charge >= 0.3 is 35.8 Å². The predicted molar refractivity (Wildman–Crippen MR) is 518 cm³/mol. The van der Waals surface area contributed by atoms with E-state index in [2.05, 4.69) is 4.74 Å². The Hall–Kier alpha value is -9.60. The molecule has 0 fully saturated rings. The van der Waals surface area contributed by atoms with Crippen LogP contribution < -0.4 is 28.3 Å². The summed E-state index contributed by atoms with van der Waals surface area (Å²) in [5.74, 6) is -16.4. The third-order valence-corrected chi connectivity index (χ3v) is 27.2. The average Bonchev–Trinajstić information content (AvgIpc) is 0.717. The van der Waals surface area contributed by atoms with Crippen molar-refractivity contribution >= 4 is 200 Å². The first-order valence-corrected chi connectivity index (χ1v) is 49.7. The summed E-state index contributed by atoms with van der Waals surface area (Å²) in [5.41, 5.74) is -10.9.